The van der Waals surface area contributed by atoms with E-state index in [2.05, 4.69) is 41.8 Å². The lowest BCUT2D eigenvalue weighted by molar-refractivity contribution is 0.670. The van der Waals surface area contributed by atoms with Gasteiger partial charge in [0.1, 0.15) is 5.82 Å². The minimum Gasteiger partial charge on any atom is -0.341 e. The van der Waals surface area contributed by atoms with Crippen LogP contribution in [-0.2, 0) is 14.1 Å². The molecular formula is C23H23N3O2. The Hall–Kier alpha value is -3.34. The molecule has 1 aromatic heterocycles. The fraction of sp³-hybridized carbons (Fsp3) is 0.217. The van der Waals surface area contributed by atoms with Crippen LogP contribution in [0.2, 0.25) is 0 Å². The van der Waals surface area contributed by atoms with E-state index in [0.717, 1.165) is 5.69 Å². The second kappa shape index (κ2) is 7.35. The van der Waals surface area contributed by atoms with E-state index in [4.69, 9.17) is 0 Å². The summed E-state index contributed by atoms with van der Waals surface area (Å²) < 4.78 is 2.67. The van der Waals surface area contributed by atoms with Gasteiger partial charge in [-0.25, -0.2) is 4.79 Å². The molecule has 5 nitrogen and oxygen atoms in total. The maximum absolute atomic E-state index is 13.1. The maximum Gasteiger partial charge on any atom is 0.332 e. The van der Waals surface area contributed by atoms with Gasteiger partial charge in [-0.05, 0) is 12.1 Å². The van der Waals surface area contributed by atoms with Crippen molar-refractivity contribution in [3.05, 3.63) is 105 Å². The minimum absolute atomic E-state index is 0.218. The first-order chi connectivity index (χ1) is 13.6. The molecule has 0 saturated heterocycles. The number of aromatic nitrogens is 2. The normalized spacial score (nSPS) is 22.7. The number of para-hydroxylation sites is 1. The average molecular weight is 373 g/mol. The first kappa shape index (κ1) is 18.0. The van der Waals surface area contributed by atoms with Gasteiger partial charge in [0, 0.05) is 37.5 Å². The Labute approximate surface area is 163 Å². The van der Waals surface area contributed by atoms with Crippen molar-refractivity contribution in [1.29, 1.82) is 0 Å². The van der Waals surface area contributed by atoms with Crippen LogP contribution in [0.3, 0.4) is 0 Å². The van der Waals surface area contributed by atoms with Crippen LogP contribution in [0.25, 0.3) is 0 Å². The smallest absolute Gasteiger partial charge is 0.332 e. The molecule has 2 aliphatic rings. The van der Waals surface area contributed by atoms with Gasteiger partial charge in [0.15, 0.2) is 0 Å². The Morgan fingerprint density at radius 1 is 0.786 bits per heavy atom. The Kier molecular flexibility index (Phi) is 4.74. The van der Waals surface area contributed by atoms with Crippen molar-refractivity contribution in [3.8, 4) is 0 Å². The summed E-state index contributed by atoms with van der Waals surface area (Å²) in [6.45, 7) is 0. The molecule has 0 aliphatic heterocycles. The standard InChI is InChI=1S/C23H23N3O2/c1-25-21(24-19-10-4-3-5-11-19)20(22(27)26(2)23(25)28)18-14-12-16-8-6-7-9-17(16)13-15-18/h3-18,24H,1-2H3. The molecule has 1 heterocycles. The van der Waals surface area contributed by atoms with Gasteiger partial charge < -0.3 is 5.32 Å². The molecule has 2 aromatic rings. The number of nitrogens with one attached hydrogen (secondary N) is 1. The predicted molar refractivity (Wildman–Crippen MR) is 113 cm³/mol. The third-order valence-electron chi connectivity index (χ3n) is 5.37. The highest BCUT2D eigenvalue weighted by atomic mass is 16.2. The molecule has 142 valence electrons. The van der Waals surface area contributed by atoms with Gasteiger partial charge in [0.2, 0.25) is 0 Å². The van der Waals surface area contributed by atoms with Gasteiger partial charge in [-0.15, -0.1) is 0 Å². The van der Waals surface area contributed by atoms with E-state index >= 15 is 0 Å². The van der Waals surface area contributed by atoms with E-state index in [1.165, 1.54) is 16.2 Å². The first-order valence-electron chi connectivity index (χ1n) is 9.40. The first-order valence-corrected chi connectivity index (χ1v) is 9.40. The molecule has 0 spiro atoms. The van der Waals surface area contributed by atoms with Crippen molar-refractivity contribution in [2.24, 2.45) is 25.9 Å². The van der Waals surface area contributed by atoms with E-state index in [9.17, 15) is 9.59 Å². The van der Waals surface area contributed by atoms with Gasteiger partial charge in [-0.1, -0.05) is 66.8 Å². The number of fused-ring (bicyclic) bond motifs is 1. The molecule has 1 aromatic carbocycles. The number of rotatable bonds is 3. The van der Waals surface area contributed by atoms with Crippen molar-refractivity contribution in [1.82, 2.24) is 9.13 Å². The van der Waals surface area contributed by atoms with Gasteiger partial charge in [-0.2, -0.15) is 0 Å². The third-order valence-corrected chi connectivity index (χ3v) is 5.37. The highest BCUT2D eigenvalue weighted by Crippen LogP contribution is 2.32. The topological polar surface area (TPSA) is 56.0 Å². The molecule has 2 unspecified atom stereocenters. The molecule has 0 saturated carbocycles. The lowest BCUT2D eigenvalue weighted by atomic mass is 9.89. The van der Waals surface area contributed by atoms with Crippen molar-refractivity contribution >= 4 is 11.5 Å². The van der Waals surface area contributed by atoms with Crippen LogP contribution >= 0.6 is 0 Å². The summed E-state index contributed by atoms with van der Waals surface area (Å²) in [4.78, 5) is 25.6. The summed E-state index contributed by atoms with van der Waals surface area (Å²) in [5.41, 5.74) is 0.755. The second-order valence-corrected chi connectivity index (χ2v) is 7.18. The molecule has 0 radical (unpaired) electrons. The average Bonchev–Trinajstić information content (AvgIpc) is 2.94. The zero-order valence-corrected chi connectivity index (χ0v) is 15.9. The van der Waals surface area contributed by atoms with E-state index in [0.29, 0.717) is 11.4 Å². The van der Waals surface area contributed by atoms with Crippen LogP contribution < -0.4 is 16.6 Å². The largest absolute Gasteiger partial charge is 0.341 e. The molecule has 28 heavy (non-hydrogen) atoms. The number of nitrogens with zero attached hydrogens (tertiary/aromatic N) is 2. The highest BCUT2D eigenvalue weighted by Gasteiger charge is 2.24. The lowest BCUT2D eigenvalue weighted by Gasteiger charge is -2.19. The Balaban J connectivity index is 1.86. The van der Waals surface area contributed by atoms with E-state index in [-0.39, 0.29) is 29.0 Å². The van der Waals surface area contributed by atoms with Gasteiger partial charge in [0.25, 0.3) is 5.56 Å². The molecule has 0 fully saturated rings. The summed E-state index contributed by atoms with van der Waals surface area (Å²) in [6, 6.07) is 9.57. The van der Waals surface area contributed by atoms with E-state index in [1.807, 2.05) is 42.5 Å². The van der Waals surface area contributed by atoms with Crippen LogP contribution in [0.15, 0.2) is 88.5 Å². The molecule has 2 aliphatic carbocycles. The Bertz CT molecular complexity index is 1090. The molecule has 2 atom stereocenters. The van der Waals surface area contributed by atoms with Gasteiger partial charge in [-0.3, -0.25) is 13.9 Å². The fourth-order valence-electron chi connectivity index (χ4n) is 3.76. The molecule has 1 N–H and O–H groups in total. The van der Waals surface area contributed by atoms with Gasteiger partial charge >= 0.3 is 5.69 Å². The van der Waals surface area contributed by atoms with Crippen LogP contribution in [-0.4, -0.2) is 9.13 Å². The second-order valence-electron chi connectivity index (χ2n) is 7.18. The van der Waals surface area contributed by atoms with Crippen LogP contribution in [0.1, 0.15) is 11.5 Å². The van der Waals surface area contributed by atoms with Crippen LogP contribution in [0, 0.1) is 11.8 Å². The molecule has 5 heteroatoms. The number of anilines is 2. The van der Waals surface area contributed by atoms with E-state index in [1.54, 1.807) is 7.05 Å². The number of hydrogen-bond acceptors (Lipinski definition) is 3. The zero-order chi connectivity index (χ0) is 19.7. The summed E-state index contributed by atoms with van der Waals surface area (Å²) in [5, 5.41) is 3.28. The molecule has 0 amide bonds. The maximum atomic E-state index is 13.1. The molecular weight excluding hydrogens is 350 g/mol. The van der Waals surface area contributed by atoms with Crippen molar-refractivity contribution in [2.75, 3.05) is 5.32 Å². The van der Waals surface area contributed by atoms with Crippen molar-refractivity contribution < 1.29 is 0 Å². The van der Waals surface area contributed by atoms with Crippen LogP contribution in [0.5, 0.6) is 0 Å². The minimum atomic E-state index is -0.353. The summed E-state index contributed by atoms with van der Waals surface area (Å²) >= 11 is 0. The lowest BCUT2D eigenvalue weighted by Crippen LogP contribution is -2.40. The molecule has 4 rings (SSSR count). The number of benzene rings is 1. The quantitative estimate of drug-likeness (QED) is 0.839. The molecule has 0 bridgehead atoms. The SMILES string of the molecule is Cn1c(Nc2ccccc2)c(C2C=CC3C=CC=CC3C=C2)c(=O)n(C)c1=O. The van der Waals surface area contributed by atoms with E-state index < -0.39 is 0 Å². The Morgan fingerprint density at radius 3 is 2.00 bits per heavy atom. The van der Waals surface area contributed by atoms with Crippen molar-refractivity contribution in [3.63, 3.8) is 0 Å². The third kappa shape index (κ3) is 3.20. The summed E-state index contributed by atoms with van der Waals surface area (Å²) in [6.07, 6.45) is 16.8. The predicted octanol–water partition coefficient (Wildman–Crippen LogP) is 3.40. The Morgan fingerprint density at radius 2 is 1.39 bits per heavy atom. The summed E-state index contributed by atoms with van der Waals surface area (Å²) in [5.74, 6) is 0.875. The van der Waals surface area contributed by atoms with Crippen molar-refractivity contribution in [2.45, 2.75) is 5.92 Å². The highest BCUT2D eigenvalue weighted by molar-refractivity contribution is 5.61. The summed E-state index contributed by atoms with van der Waals surface area (Å²) in [7, 11) is 3.21. The zero-order valence-electron chi connectivity index (χ0n) is 15.9. The number of hydrogen-bond donors (Lipinski definition) is 1. The van der Waals surface area contributed by atoms with Gasteiger partial charge in [0.05, 0.1) is 5.56 Å². The monoisotopic (exact) mass is 373 g/mol. The fourth-order valence-corrected chi connectivity index (χ4v) is 3.76. The number of allylic oxidation sites excluding steroid dienone is 8. The van der Waals surface area contributed by atoms with Crippen LogP contribution in [0.4, 0.5) is 11.5 Å².